The van der Waals surface area contributed by atoms with Gasteiger partial charge in [-0.2, -0.15) is 5.10 Å². The van der Waals surface area contributed by atoms with Gasteiger partial charge in [-0.05, 0) is 26.7 Å². The Morgan fingerprint density at radius 3 is 3.17 bits per heavy atom. The second-order valence-electron chi connectivity index (χ2n) is 5.51. The Balaban J connectivity index is 1.79. The van der Waals surface area contributed by atoms with Gasteiger partial charge in [-0.25, -0.2) is 0 Å². The number of aliphatic hydroxyl groups excluding tert-OH is 1. The third kappa shape index (κ3) is 3.80. The standard InChI is InChI=1S/C13H23N3O2/c1-13(2)7-12(3-6-18-13)14-8-11-9-15-16(10-11)4-5-17/h9-10,12,14,17H,3-8H2,1-2H3. The molecular formula is C13H23N3O2. The summed E-state index contributed by atoms with van der Waals surface area (Å²) in [6, 6.07) is 0.509. The minimum Gasteiger partial charge on any atom is -0.394 e. The molecule has 2 heterocycles. The largest absolute Gasteiger partial charge is 0.394 e. The van der Waals surface area contributed by atoms with E-state index in [4.69, 9.17) is 9.84 Å². The van der Waals surface area contributed by atoms with Crippen LogP contribution in [0.3, 0.4) is 0 Å². The number of hydrogen-bond acceptors (Lipinski definition) is 4. The fraction of sp³-hybridized carbons (Fsp3) is 0.769. The maximum Gasteiger partial charge on any atom is 0.0641 e. The second-order valence-corrected chi connectivity index (χ2v) is 5.51. The van der Waals surface area contributed by atoms with E-state index in [0.29, 0.717) is 12.6 Å². The van der Waals surface area contributed by atoms with Crippen molar-refractivity contribution >= 4 is 0 Å². The molecule has 1 aliphatic heterocycles. The molecule has 1 saturated heterocycles. The van der Waals surface area contributed by atoms with Crippen LogP contribution in [0.4, 0.5) is 0 Å². The average molecular weight is 253 g/mol. The molecule has 0 spiro atoms. The number of nitrogens with zero attached hydrogens (tertiary/aromatic N) is 2. The lowest BCUT2D eigenvalue weighted by Crippen LogP contribution is -2.43. The van der Waals surface area contributed by atoms with E-state index in [2.05, 4.69) is 24.3 Å². The first-order valence-corrected chi connectivity index (χ1v) is 6.58. The van der Waals surface area contributed by atoms with Crippen LogP contribution in [0.1, 0.15) is 32.3 Å². The molecule has 1 aromatic heterocycles. The normalized spacial score (nSPS) is 23.2. The van der Waals surface area contributed by atoms with E-state index >= 15 is 0 Å². The third-order valence-corrected chi connectivity index (χ3v) is 3.31. The van der Waals surface area contributed by atoms with Gasteiger partial charge in [-0.3, -0.25) is 4.68 Å². The summed E-state index contributed by atoms with van der Waals surface area (Å²) < 4.78 is 7.47. The van der Waals surface area contributed by atoms with Crippen molar-refractivity contribution in [3.05, 3.63) is 18.0 Å². The number of hydrogen-bond donors (Lipinski definition) is 2. The molecule has 0 radical (unpaired) electrons. The average Bonchev–Trinajstić information content (AvgIpc) is 2.74. The van der Waals surface area contributed by atoms with E-state index < -0.39 is 0 Å². The Labute approximate surface area is 108 Å². The maximum atomic E-state index is 8.83. The van der Waals surface area contributed by atoms with Crippen LogP contribution in [0.5, 0.6) is 0 Å². The van der Waals surface area contributed by atoms with Crippen LogP contribution in [0, 0.1) is 0 Å². The van der Waals surface area contributed by atoms with Gasteiger partial charge in [0.25, 0.3) is 0 Å². The molecule has 1 unspecified atom stereocenters. The second kappa shape index (κ2) is 5.82. The quantitative estimate of drug-likeness (QED) is 0.819. The number of ether oxygens (including phenoxy) is 1. The molecule has 18 heavy (non-hydrogen) atoms. The Hall–Kier alpha value is -0.910. The fourth-order valence-corrected chi connectivity index (χ4v) is 2.39. The highest BCUT2D eigenvalue weighted by Crippen LogP contribution is 2.24. The number of aromatic nitrogens is 2. The molecule has 0 saturated carbocycles. The smallest absolute Gasteiger partial charge is 0.0641 e. The van der Waals surface area contributed by atoms with Gasteiger partial charge in [-0.15, -0.1) is 0 Å². The molecule has 5 heteroatoms. The van der Waals surface area contributed by atoms with E-state index in [-0.39, 0.29) is 12.2 Å². The van der Waals surface area contributed by atoms with Crippen molar-refractivity contribution in [3.8, 4) is 0 Å². The van der Waals surface area contributed by atoms with E-state index in [9.17, 15) is 0 Å². The summed E-state index contributed by atoms with van der Waals surface area (Å²) >= 11 is 0. The van der Waals surface area contributed by atoms with Crippen LogP contribution in [0.2, 0.25) is 0 Å². The Bertz CT molecular complexity index is 376. The molecule has 1 aliphatic rings. The van der Waals surface area contributed by atoms with E-state index in [1.165, 1.54) is 0 Å². The lowest BCUT2D eigenvalue weighted by atomic mass is 9.94. The summed E-state index contributed by atoms with van der Waals surface area (Å²) in [5, 5.41) is 16.6. The SMILES string of the molecule is CC1(C)CC(NCc2cnn(CCO)c2)CCO1. The van der Waals surface area contributed by atoms with Crippen molar-refractivity contribution in [2.24, 2.45) is 0 Å². The zero-order valence-electron chi connectivity index (χ0n) is 11.2. The molecule has 0 aliphatic carbocycles. The van der Waals surface area contributed by atoms with Crippen LogP contribution in [0.25, 0.3) is 0 Å². The minimum absolute atomic E-state index is 0.0169. The third-order valence-electron chi connectivity index (χ3n) is 3.31. The zero-order valence-corrected chi connectivity index (χ0v) is 11.2. The number of nitrogens with one attached hydrogen (secondary N) is 1. The molecule has 1 aromatic rings. The zero-order chi connectivity index (χ0) is 13.0. The van der Waals surface area contributed by atoms with Gasteiger partial charge in [0.2, 0.25) is 0 Å². The van der Waals surface area contributed by atoms with Crippen molar-refractivity contribution in [1.29, 1.82) is 0 Å². The van der Waals surface area contributed by atoms with Crippen molar-refractivity contribution in [2.75, 3.05) is 13.2 Å². The highest BCUT2D eigenvalue weighted by Gasteiger charge is 2.28. The first kappa shape index (κ1) is 13.5. The summed E-state index contributed by atoms with van der Waals surface area (Å²) in [4.78, 5) is 0. The van der Waals surface area contributed by atoms with Crippen LogP contribution < -0.4 is 5.32 Å². The van der Waals surface area contributed by atoms with Gasteiger partial charge in [0.15, 0.2) is 0 Å². The molecule has 2 rings (SSSR count). The highest BCUT2D eigenvalue weighted by atomic mass is 16.5. The molecule has 0 bridgehead atoms. The van der Waals surface area contributed by atoms with E-state index in [1.807, 2.05) is 12.4 Å². The fourth-order valence-electron chi connectivity index (χ4n) is 2.39. The molecule has 0 amide bonds. The lowest BCUT2D eigenvalue weighted by molar-refractivity contribution is -0.0630. The molecule has 1 fully saturated rings. The van der Waals surface area contributed by atoms with Gasteiger partial charge in [0.05, 0.1) is 24.9 Å². The van der Waals surface area contributed by atoms with Crippen molar-refractivity contribution in [3.63, 3.8) is 0 Å². The number of aliphatic hydroxyl groups is 1. The first-order valence-electron chi connectivity index (χ1n) is 6.58. The molecule has 5 nitrogen and oxygen atoms in total. The predicted molar refractivity (Wildman–Crippen MR) is 69.2 cm³/mol. The summed E-state index contributed by atoms with van der Waals surface area (Å²) in [6.07, 6.45) is 5.94. The van der Waals surface area contributed by atoms with Gasteiger partial charge in [0, 0.05) is 31.0 Å². The Morgan fingerprint density at radius 1 is 1.61 bits per heavy atom. The van der Waals surface area contributed by atoms with Crippen LogP contribution in [-0.4, -0.2) is 39.7 Å². The van der Waals surface area contributed by atoms with Crippen molar-refractivity contribution in [2.45, 2.75) is 51.4 Å². The predicted octanol–water partition coefficient (Wildman–Crippen LogP) is 0.923. The Kier molecular flexibility index (Phi) is 4.37. The minimum atomic E-state index is -0.0169. The Morgan fingerprint density at radius 2 is 2.44 bits per heavy atom. The van der Waals surface area contributed by atoms with Crippen LogP contribution >= 0.6 is 0 Å². The van der Waals surface area contributed by atoms with E-state index in [0.717, 1.165) is 31.6 Å². The van der Waals surface area contributed by atoms with Crippen molar-refractivity contribution < 1.29 is 9.84 Å². The highest BCUT2D eigenvalue weighted by molar-refractivity contribution is 5.03. The topological polar surface area (TPSA) is 59.3 Å². The maximum absolute atomic E-state index is 8.83. The van der Waals surface area contributed by atoms with Gasteiger partial charge in [-0.1, -0.05) is 0 Å². The van der Waals surface area contributed by atoms with Crippen LogP contribution in [-0.2, 0) is 17.8 Å². The molecular weight excluding hydrogens is 230 g/mol. The summed E-state index contributed by atoms with van der Waals surface area (Å²) in [6.45, 7) is 6.62. The van der Waals surface area contributed by atoms with Crippen molar-refractivity contribution in [1.82, 2.24) is 15.1 Å². The van der Waals surface area contributed by atoms with E-state index in [1.54, 1.807) is 4.68 Å². The summed E-state index contributed by atoms with van der Waals surface area (Å²) in [5.41, 5.74) is 1.14. The van der Waals surface area contributed by atoms with Gasteiger partial charge in [0.1, 0.15) is 0 Å². The summed E-state index contributed by atoms with van der Waals surface area (Å²) in [5.74, 6) is 0. The first-order chi connectivity index (χ1) is 8.59. The molecule has 102 valence electrons. The summed E-state index contributed by atoms with van der Waals surface area (Å²) in [7, 11) is 0. The van der Waals surface area contributed by atoms with Gasteiger partial charge < -0.3 is 15.2 Å². The lowest BCUT2D eigenvalue weighted by Gasteiger charge is -2.35. The molecule has 0 aromatic carbocycles. The van der Waals surface area contributed by atoms with Crippen LogP contribution in [0.15, 0.2) is 12.4 Å². The molecule has 1 atom stereocenters. The monoisotopic (exact) mass is 253 g/mol. The van der Waals surface area contributed by atoms with Gasteiger partial charge >= 0.3 is 0 Å². The molecule has 2 N–H and O–H groups in total. The number of rotatable bonds is 5.